The Hall–Kier alpha value is -5.55. The van der Waals surface area contributed by atoms with E-state index in [2.05, 4.69) is 90.4 Å². The second-order valence-electron chi connectivity index (χ2n) is 38.6. The first-order valence-electron chi connectivity index (χ1n) is 55.3. The molecule has 0 aliphatic rings. The SMILES string of the molecule is CCCCCCCCCCCCCCCCCCN(Cc1cc(CN(CCCCCCCCCCCCCCCCCC)c2nc(N)nc(NCCCCCCCCCCCC)n2)cc(CN(CCCCCCCCCCCCCCCCCC)c2nc(N)nc(NCCCCCCCCCCCC)n2)c1)c1nc(N)nc(NCCCCCCCCCCCC)n1. The number of hydrogen-bond donors (Lipinski definition) is 6. The Morgan fingerprint density at radius 3 is 0.484 bits per heavy atom. The fourth-order valence-electron chi connectivity index (χ4n) is 18.3. The molecule has 0 spiro atoms. The van der Waals surface area contributed by atoms with Gasteiger partial charge in [-0.3, -0.25) is 0 Å². The van der Waals surface area contributed by atoms with E-state index in [0.29, 0.717) is 55.3 Å². The Bertz CT molecular complexity index is 2700. The number of rotatable bonds is 96. The lowest BCUT2D eigenvalue weighted by Crippen LogP contribution is -2.29. The van der Waals surface area contributed by atoms with Gasteiger partial charge in [-0.2, -0.15) is 44.9 Å². The number of hydrogen-bond acceptors (Lipinski definition) is 18. The van der Waals surface area contributed by atoms with Crippen LogP contribution in [0.15, 0.2) is 18.2 Å². The van der Waals surface area contributed by atoms with Crippen molar-refractivity contribution < 1.29 is 0 Å². The van der Waals surface area contributed by atoms with Gasteiger partial charge < -0.3 is 47.9 Å². The molecule has 0 aliphatic carbocycles. The van der Waals surface area contributed by atoms with E-state index in [-0.39, 0.29) is 17.8 Å². The minimum absolute atomic E-state index is 0.245. The number of unbranched alkanes of at least 4 members (excludes halogenated alkanes) is 72. The Morgan fingerprint density at radius 2 is 0.325 bits per heavy atom. The Labute approximate surface area is 777 Å². The fourth-order valence-corrected chi connectivity index (χ4v) is 18.3. The van der Waals surface area contributed by atoms with E-state index in [9.17, 15) is 0 Å². The smallest absolute Gasteiger partial charge is 0.232 e. The standard InChI is InChI=1S/C108H204N18/c1-7-13-19-25-31-37-43-46-49-52-55-58-64-70-76-82-88-124(106-118-100(109)115-103(121-106)112-85-79-73-67-61-40-34-28-22-16-10-4)94-97-91-98(95-125(89-83-77-71-65-59-56-53-50-47-44-38-32-26-20-14-8-2)107-119-101(110)116-104(122-107)113-86-80-74-68-62-41-35-29-23-17-11-5)93-99(92-97)96-126(90-84-78-72-66-60-57-54-51-48-45-39-33-27-21-15-9-3)108-120-102(111)117-105(123-108)114-87-81-75-69-63-42-36-30-24-18-12-6/h91-93H,7-90,94-96H2,1-6H3,(H3,109,112,115,118,121)(H3,110,113,116,119,122)(H3,111,114,117,120,123). The van der Waals surface area contributed by atoms with Crippen molar-refractivity contribution in [2.24, 2.45) is 0 Å². The van der Waals surface area contributed by atoms with Crippen molar-refractivity contribution in [3.8, 4) is 0 Å². The Morgan fingerprint density at radius 1 is 0.183 bits per heavy atom. The average molecular weight is 1750 g/mol. The van der Waals surface area contributed by atoms with E-state index >= 15 is 0 Å². The fraction of sp³-hybridized carbons (Fsp3) is 0.861. The van der Waals surface area contributed by atoms with Crippen LogP contribution in [0.1, 0.15) is 559 Å². The third kappa shape index (κ3) is 64.3. The molecular formula is C108H204N18. The lowest BCUT2D eigenvalue weighted by atomic mass is 10.0. The summed E-state index contributed by atoms with van der Waals surface area (Å²) in [6.07, 6.45) is 102. The van der Waals surface area contributed by atoms with Crippen molar-refractivity contribution in [1.82, 2.24) is 44.9 Å². The molecule has 3 aromatic heterocycles. The molecule has 4 rings (SSSR count). The summed E-state index contributed by atoms with van der Waals surface area (Å²) in [6, 6.07) is 7.27. The van der Waals surface area contributed by atoms with E-state index < -0.39 is 0 Å². The van der Waals surface area contributed by atoms with Crippen LogP contribution in [0.3, 0.4) is 0 Å². The summed E-state index contributed by atoms with van der Waals surface area (Å²) in [7, 11) is 0. The van der Waals surface area contributed by atoms with Gasteiger partial charge in [0.25, 0.3) is 0 Å². The second kappa shape index (κ2) is 83.8. The first kappa shape index (κ1) is 113. The molecule has 126 heavy (non-hydrogen) atoms. The van der Waals surface area contributed by atoms with Crippen LogP contribution < -0.4 is 47.9 Å². The van der Waals surface area contributed by atoms with Gasteiger partial charge in [0.05, 0.1) is 0 Å². The van der Waals surface area contributed by atoms with Crippen molar-refractivity contribution in [2.75, 3.05) is 87.1 Å². The highest BCUT2D eigenvalue weighted by atomic mass is 15.3. The molecule has 0 saturated carbocycles. The maximum absolute atomic E-state index is 6.80. The number of benzene rings is 1. The molecule has 3 heterocycles. The van der Waals surface area contributed by atoms with Crippen molar-refractivity contribution in [3.05, 3.63) is 34.9 Å². The van der Waals surface area contributed by atoms with Crippen molar-refractivity contribution in [3.63, 3.8) is 0 Å². The molecule has 0 fully saturated rings. The molecule has 0 atom stereocenters. The molecular weight excluding hydrogens is 1550 g/mol. The number of nitrogens with one attached hydrogen (secondary N) is 3. The lowest BCUT2D eigenvalue weighted by Gasteiger charge is -2.27. The van der Waals surface area contributed by atoms with Crippen LogP contribution >= 0.6 is 0 Å². The highest BCUT2D eigenvalue weighted by Crippen LogP contribution is 2.28. The maximum Gasteiger partial charge on any atom is 0.232 e. The molecule has 726 valence electrons. The summed E-state index contributed by atoms with van der Waals surface area (Å²) in [5.74, 6) is 4.25. The number of anilines is 9. The van der Waals surface area contributed by atoms with Gasteiger partial charge in [0.15, 0.2) is 0 Å². The third-order valence-electron chi connectivity index (χ3n) is 26.3. The average Bonchev–Trinajstić information content (AvgIpc) is 0.787. The monoisotopic (exact) mass is 1750 g/mol. The van der Waals surface area contributed by atoms with Crippen LogP contribution in [-0.4, -0.2) is 84.1 Å². The van der Waals surface area contributed by atoms with Gasteiger partial charge in [0.2, 0.25) is 53.5 Å². The first-order valence-corrected chi connectivity index (χ1v) is 55.3. The summed E-state index contributed by atoms with van der Waals surface area (Å²) >= 11 is 0. The van der Waals surface area contributed by atoms with Crippen LogP contribution in [0.4, 0.5) is 53.5 Å². The molecule has 0 amide bonds. The molecule has 0 unspecified atom stereocenters. The first-order chi connectivity index (χ1) is 62.2. The zero-order chi connectivity index (χ0) is 89.8. The van der Waals surface area contributed by atoms with Crippen LogP contribution in [0.5, 0.6) is 0 Å². The lowest BCUT2D eigenvalue weighted by molar-refractivity contribution is 0.528. The van der Waals surface area contributed by atoms with Gasteiger partial charge in [0, 0.05) is 58.9 Å². The van der Waals surface area contributed by atoms with Gasteiger partial charge >= 0.3 is 0 Å². The van der Waals surface area contributed by atoms with Gasteiger partial charge in [-0.1, -0.05) is 522 Å². The summed E-state index contributed by atoms with van der Waals surface area (Å²) in [5, 5.41) is 10.9. The van der Waals surface area contributed by atoms with Crippen LogP contribution in [0, 0.1) is 0 Å². The minimum atomic E-state index is 0.245. The molecule has 9 N–H and O–H groups in total. The predicted octanol–water partition coefficient (Wildman–Crippen LogP) is 32.8. The molecule has 18 heteroatoms. The van der Waals surface area contributed by atoms with Crippen LogP contribution in [0.25, 0.3) is 0 Å². The quantitative estimate of drug-likeness (QED) is 0.0225. The van der Waals surface area contributed by atoms with E-state index in [1.54, 1.807) is 0 Å². The van der Waals surface area contributed by atoms with E-state index in [4.69, 9.17) is 62.1 Å². The number of nitrogens with zero attached hydrogens (tertiary/aromatic N) is 12. The highest BCUT2D eigenvalue weighted by molar-refractivity contribution is 5.48. The third-order valence-corrected chi connectivity index (χ3v) is 26.3. The minimum Gasteiger partial charge on any atom is -0.368 e. The Kier molecular flexibility index (Phi) is 75.0. The molecule has 4 aromatic rings. The molecule has 0 bridgehead atoms. The largest absolute Gasteiger partial charge is 0.368 e. The predicted molar refractivity (Wildman–Crippen MR) is 552 cm³/mol. The van der Waals surface area contributed by atoms with Crippen molar-refractivity contribution in [1.29, 1.82) is 0 Å². The zero-order valence-electron chi connectivity index (χ0n) is 83.8. The number of nitrogen functional groups attached to an aromatic ring is 3. The Balaban J connectivity index is 1.75. The van der Waals surface area contributed by atoms with E-state index in [0.717, 1.165) is 97.1 Å². The summed E-state index contributed by atoms with van der Waals surface area (Å²) in [4.78, 5) is 52.2. The molecule has 18 nitrogen and oxygen atoms in total. The number of nitrogens with two attached hydrogens (primary N) is 3. The summed E-state index contributed by atoms with van der Waals surface area (Å²) < 4.78 is 0. The van der Waals surface area contributed by atoms with Crippen LogP contribution in [-0.2, 0) is 19.6 Å². The van der Waals surface area contributed by atoms with Gasteiger partial charge in [-0.05, 0) is 55.2 Å². The van der Waals surface area contributed by atoms with Gasteiger partial charge in [-0.15, -0.1) is 0 Å². The summed E-state index contributed by atoms with van der Waals surface area (Å²) in [5.41, 5.74) is 23.9. The number of aromatic nitrogens is 9. The highest BCUT2D eigenvalue weighted by Gasteiger charge is 2.22. The van der Waals surface area contributed by atoms with Gasteiger partial charge in [0.1, 0.15) is 0 Å². The summed E-state index contributed by atoms with van der Waals surface area (Å²) in [6.45, 7) is 20.3. The zero-order valence-corrected chi connectivity index (χ0v) is 83.8. The van der Waals surface area contributed by atoms with E-state index in [1.165, 1.54) is 460 Å². The normalized spacial score (nSPS) is 11.6. The molecule has 0 saturated heterocycles. The molecule has 1 aromatic carbocycles. The maximum atomic E-state index is 6.80. The van der Waals surface area contributed by atoms with Crippen molar-refractivity contribution in [2.45, 2.75) is 562 Å². The molecule has 0 radical (unpaired) electrons. The second-order valence-corrected chi connectivity index (χ2v) is 38.6. The van der Waals surface area contributed by atoms with Gasteiger partial charge in [-0.25, -0.2) is 0 Å². The van der Waals surface area contributed by atoms with Crippen LogP contribution in [0.2, 0.25) is 0 Å². The van der Waals surface area contributed by atoms with E-state index in [1.807, 2.05) is 0 Å². The van der Waals surface area contributed by atoms with Crippen molar-refractivity contribution >= 4 is 53.5 Å². The topological polar surface area (TPSA) is 240 Å². The molecule has 0 aliphatic heterocycles.